The number of halogens is 2. The van der Waals surface area contributed by atoms with Crippen molar-refractivity contribution in [1.82, 2.24) is 9.97 Å². The summed E-state index contributed by atoms with van der Waals surface area (Å²) in [6.07, 6.45) is 0. The van der Waals surface area contributed by atoms with E-state index in [-0.39, 0.29) is 4.75 Å². The van der Waals surface area contributed by atoms with Crippen molar-refractivity contribution in [3.8, 4) is 0 Å². The summed E-state index contributed by atoms with van der Waals surface area (Å²) in [5.74, 6) is 1.62. The Bertz CT molecular complexity index is 340. The van der Waals surface area contributed by atoms with E-state index in [9.17, 15) is 0 Å². The molecule has 1 aromatic heterocycles. The van der Waals surface area contributed by atoms with E-state index >= 15 is 0 Å². The number of rotatable bonds is 2. The Kier molecular flexibility index (Phi) is 4.67. The summed E-state index contributed by atoms with van der Waals surface area (Å²) >= 11 is 9.99. The summed E-state index contributed by atoms with van der Waals surface area (Å²) in [5.41, 5.74) is 0.958. The van der Waals surface area contributed by atoms with E-state index in [1.807, 2.05) is 18.7 Å². The molecule has 0 atom stereocenters. The van der Waals surface area contributed by atoms with Gasteiger partial charge in [-0.15, -0.1) is 11.8 Å². The van der Waals surface area contributed by atoms with Crippen molar-refractivity contribution in [2.75, 3.05) is 0 Å². The molecule has 5 heteroatoms. The van der Waals surface area contributed by atoms with Crippen molar-refractivity contribution in [3.05, 3.63) is 20.2 Å². The smallest absolute Gasteiger partial charge is 0.146 e. The normalized spacial score (nSPS) is 11.9. The summed E-state index contributed by atoms with van der Waals surface area (Å²) in [7, 11) is 0. The van der Waals surface area contributed by atoms with Gasteiger partial charge in [-0.25, -0.2) is 9.97 Å². The molecule has 2 nitrogen and oxygen atoms in total. The van der Waals surface area contributed by atoms with Gasteiger partial charge in [-0.1, -0.05) is 32.4 Å². The highest BCUT2D eigenvalue weighted by atomic mass is 127. The lowest BCUT2D eigenvalue weighted by atomic mass is 10.3. The van der Waals surface area contributed by atoms with Crippen molar-refractivity contribution in [2.45, 2.75) is 38.2 Å². The molecule has 0 radical (unpaired) electrons. The topological polar surface area (TPSA) is 25.8 Å². The number of thioether (sulfide) groups is 1. The first kappa shape index (κ1) is 13.5. The van der Waals surface area contributed by atoms with Crippen LogP contribution in [0.2, 0.25) is 5.15 Å². The molecule has 0 aromatic carbocycles. The molecule has 0 saturated heterocycles. The van der Waals surface area contributed by atoms with Gasteiger partial charge in [0, 0.05) is 4.75 Å². The molecule has 0 saturated carbocycles. The van der Waals surface area contributed by atoms with Crippen molar-refractivity contribution >= 4 is 46.0 Å². The molecule has 15 heavy (non-hydrogen) atoms. The molecule has 1 heterocycles. The third kappa shape index (κ3) is 4.44. The third-order valence-corrected chi connectivity index (χ3v) is 4.81. The number of aryl methyl sites for hydroxylation is 1. The fourth-order valence-corrected chi connectivity index (χ4v) is 2.09. The molecule has 84 valence electrons. The molecule has 0 bridgehead atoms. The highest BCUT2D eigenvalue weighted by molar-refractivity contribution is 14.1. The highest BCUT2D eigenvalue weighted by Crippen LogP contribution is 2.27. The van der Waals surface area contributed by atoms with E-state index in [1.54, 1.807) is 0 Å². The second-order valence-electron chi connectivity index (χ2n) is 4.23. The Morgan fingerprint density at radius 3 is 2.40 bits per heavy atom. The first-order valence-corrected chi connectivity index (χ1v) is 7.06. The Morgan fingerprint density at radius 1 is 1.33 bits per heavy atom. The second-order valence-corrected chi connectivity index (χ2v) is 7.47. The van der Waals surface area contributed by atoms with Crippen LogP contribution in [-0.2, 0) is 5.75 Å². The van der Waals surface area contributed by atoms with E-state index in [2.05, 4.69) is 53.3 Å². The molecule has 1 rings (SSSR count). The molecule has 0 aliphatic rings. The van der Waals surface area contributed by atoms with Crippen LogP contribution in [0.5, 0.6) is 0 Å². The van der Waals surface area contributed by atoms with Crippen molar-refractivity contribution in [3.63, 3.8) is 0 Å². The molecule has 0 amide bonds. The zero-order chi connectivity index (χ0) is 11.6. The fourth-order valence-electron chi connectivity index (χ4n) is 0.925. The third-order valence-electron chi connectivity index (χ3n) is 1.66. The van der Waals surface area contributed by atoms with Crippen LogP contribution in [0.4, 0.5) is 0 Å². The first-order chi connectivity index (χ1) is 6.79. The maximum absolute atomic E-state index is 6.00. The zero-order valence-corrected chi connectivity index (χ0v) is 13.0. The van der Waals surface area contributed by atoms with Crippen LogP contribution in [-0.4, -0.2) is 14.7 Å². The Labute approximate surface area is 114 Å². The molecule has 0 N–H and O–H groups in total. The van der Waals surface area contributed by atoms with Gasteiger partial charge >= 0.3 is 0 Å². The summed E-state index contributed by atoms with van der Waals surface area (Å²) in [6, 6.07) is 0. The average molecular weight is 357 g/mol. The number of aromatic nitrogens is 2. The lowest BCUT2D eigenvalue weighted by Gasteiger charge is -2.16. The van der Waals surface area contributed by atoms with Gasteiger partial charge in [-0.05, 0) is 29.5 Å². The molecule has 0 spiro atoms. The van der Waals surface area contributed by atoms with Crippen LogP contribution in [0.25, 0.3) is 0 Å². The van der Waals surface area contributed by atoms with Crippen LogP contribution in [0.15, 0.2) is 0 Å². The highest BCUT2D eigenvalue weighted by Gasteiger charge is 2.13. The minimum atomic E-state index is 0.229. The summed E-state index contributed by atoms with van der Waals surface area (Å²) < 4.78 is 1.17. The maximum atomic E-state index is 6.00. The molecular formula is C10H14ClIN2S. The quantitative estimate of drug-likeness (QED) is 0.590. The van der Waals surface area contributed by atoms with Crippen LogP contribution in [0.1, 0.15) is 32.3 Å². The van der Waals surface area contributed by atoms with Crippen LogP contribution >= 0.6 is 46.0 Å². The summed E-state index contributed by atoms with van der Waals surface area (Å²) in [5, 5.41) is 0.563. The molecular weight excluding hydrogens is 343 g/mol. The average Bonchev–Trinajstić information content (AvgIpc) is 2.09. The van der Waals surface area contributed by atoms with Gasteiger partial charge in [-0.2, -0.15) is 0 Å². The van der Waals surface area contributed by atoms with E-state index in [0.717, 1.165) is 20.8 Å². The Morgan fingerprint density at radius 2 is 1.93 bits per heavy atom. The Hall–Kier alpha value is 0.450. The monoisotopic (exact) mass is 356 g/mol. The van der Waals surface area contributed by atoms with Gasteiger partial charge in [0.25, 0.3) is 0 Å². The van der Waals surface area contributed by atoms with Crippen molar-refractivity contribution < 1.29 is 0 Å². The minimum Gasteiger partial charge on any atom is -0.236 e. The van der Waals surface area contributed by atoms with Crippen LogP contribution in [0.3, 0.4) is 0 Å². The Balaban J connectivity index is 2.80. The molecule has 0 unspecified atom stereocenters. The predicted octanol–water partition coefficient (Wildman–Crippen LogP) is 4.07. The largest absolute Gasteiger partial charge is 0.236 e. The minimum absolute atomic E-state index is 0.229. The molecule has 0 aliphatic carbocycles. The first-order valence-electron chi connectivity index (χ1n) is 4.62. The zero-order valence-electron chi connectivity index (χ0n) is 9.27. The van der Waals surface area contributed by atoms with E-state index in [1.165, 1.54) is 0 Å². The summed E-state index contributed by atoms with van der Waals surface area (Å²) in [6.45, 7) is 8.50. The molecule has 0 fully saturated rings. The lowest BCUT2D eigenvalue weighted by Crippen LogP contribution is -2.09. The SMILES string of the molecule is Cc1nc(CSC(C)(C)C)nc(Cl)c1I. The predicted molar refractivity (Wildman–Crippen MR) is 75.5 cm³/mol. The molecule has 0 aliphatic heterocycles. The summed E-state index contributed by atoms with van der Waals surface area (Å²) in [4.78, 5) is 8.68. The van der Waals surface area contributed by atoms with E-state index in [0.29, 0.717) is 5.15 Å². The van der Waals surface area contributed by atoms with E-state index in [4.69, 9.17) is 11.6 Å². The van der Waals surface area contributed by atoms with E-state index < -0.39 is 0 Å². The van der Waals surface area contributed by atoms with Gasteiger partial charge in [0.1, 0.15) is 11.0 Å². The van der Waals surface area contributed by atoms with Gasteiger partial charge < -0.3 is 0 Å². The lowest BCUT2D eigenvalue weighted by molar-refractivity contribution is 0.799. The van der Waals surface area contributed by atoms with Crippen molar-refractivity contribution in [1.29, 1.82) is 0 Å². The molecule has 1 aromatic rings. The van der Waals surface area contributed by atoms with Crippen molar-refractivity contribution in [2.24, 2.45) is 0 Å². The maximum Gasteiger partial charge on any atom is 0.146 e. The number of hydrogen-bond acceptors (Lipinski definition) is 3. The van der Waals surface area contributed by atoms with Crippen LogP contribution < -0.4 is 0 Å². The van der Waals surface area contributed by atoms with Gasteiger partial charge in [0.05, 0.1) is 15.0 Å². The van der Waals surface area contributed by atoms with Gasteiger partial charge in [-0.3, -0.25) is 0 Å². The number of hydrogen-bond donors (Lipinski definition) is 0. The van der Waals surface area contributed by atoms with Gasteiger partial charge in [0.15, 0.2) is 0 Å². The fraction of sp³-hybridized carbons (Fsp3) is 0.600. The number of nitrogens with zero attached hydrogens (tertiary/aromatic N) is 2. The van der Waals surface area contributed by atoms with Crippen LogP contribution in [0, 0.1) is 10.5 Å². The second kappa shape index (κ2) is 5.19. The standard InChI is InChI=1S/C10H14ClIN2S/c1-6-8(12)9(11)14-7(13-6)5-15-10(2,3)4/h5H2,1-4H3. The van der Waals surface area contributed by atoms with Gasteiger partial charge in [0.2, 0.25) is 0 Å².